The topological polar surface area (TPSA) is 54.9 Å². The Morgan fingerprint density at radius 1 is 0.964 bits per heavy atom. The number of carbonyl (C=O) groups excluding carboxylic acids is 1. The molecule has 0 aliphatic rings. The predicted molar refractivity (Wildman–Crippen MR) is 115 cm³/mol. The summed E-state index contributed by atoms with van der Waals surface area (Å²) in [6.07, 6.45) is 3.81. The molecule has 28 heavy (non-hydrogen) atoms. The molecule has 0 spiro atoms. The molecule has 0 aliphatic heterocycles. The van der Waals surface area contributed by atoms with Crippen LogP contribution in [0.2, 0.25) is 5.02 Å². The molecule has 0 fully saturated rings. The van der Waals surface area contributed by atoms with E-state index in [9.17, 15) is 4.79 Å². The Morgan fingerprint density at radius 2 is 1.71 bits per heavy atom. The number of carbonyl (C=O) groups is 1. The molecule has 0 saturated carbocycles. The summed E-state index contributed by atoms with van der Waals surface area (Å²) in [5, 5.41) is 6.36. The van der Waals surface area contributed by atoms with Crippen molar-refractivity contribution in [3.63, 3.8) is 0 Å². The first-order valence-corrected chi connectivity index (χ1v) is 9.94. The fourth-order valence-corrected chi connectivity index (χ4v) is 3.79. The number of anilines is 1. The number of nitrogens with one attached hydrogen (secondary N) is 1. The Balaban J connectivity index is 1.44. The van der Waals surface area contributed by atoms with Gasteiger partial charge in [0.05, 0.1) is 22.8 Å². The molecular weight excluding hydrogens is 390 g/mol. The zero-order valence-corrected chi connectivity index (χ0v) is 16.4. The van der Waals surface area contributed by atoms with Crippen molar-refractivity contribution in [2.75, 3.05) is 5.32 Å². The standard InChI is InChI=1S/C22H16ClN3OS/c23-18-3-1-2-4-19(18)25-21(27)13-15-5-7-16(8-6-15)20-14-28-22(26-20)17-9-11-24-12-10-17/h1-12,14H,13H2,(H,25,27). The molecule has 0 atom stereocenters. The molecule has 6 heteroatoms. The molecule has 2 aromatic carbocycles. The van der Waals surface area contributed by atoms with E-state index in [1.165, 1.54) is 0 Å². The van der Waals surface area contributed by atoms with Gasteiger partial charge >= 0.3 is 0 Å². The first-order chi connectivity index (χ1) is 13.7. The number of amides is 1. The van der Waals surface area contributed by atoms with Crippen molar-refractivity contribution in [2.24, 2.45) is 0 Å². The summed E-state index contributed by atoms with van der Waals surface area (Å²) < 4.78 is 0. The molecule has 0 bridgehead atoms. The first-order valence-electron chi connectivity index (χ1n) is 8.69. The number of para-hydroxylation sites is 1. The minimum atomic E-state index is -0.102. The van der Waals surface area contributed by atoms with Crippen LogP contribution in [0, 0.1) is 0 Å². The average molecular weight is 406 g/mol. The Morgan fingerprint density at radius 3 is 2.46 bits per heavy atom. The second-order valence-electron chi connectivity index (χ2n) is 6.18. The highest BCUT2D eigenvalue weighted by Crippen LogP contribution is 2.28. The number of hydrogen-bond acceptors (Lipinski definition) is 4. The smallest absolute Gasteiger partial charge is 0.228 e. The molecule has 4 rings (SSSR count). The summed E-state index contributed by atoms with van der Waals surface area (Å²) >= 11 is 7.68. The van der Waals surface area contributed by atoms with E-state index in [-0.39, 0.29) is 12.3 Å². The normalized spacial score (nSPS) is 10.6. The fourth-order valence-electron chi connectivity index (χ4n) is 2.77. The Bertz CT molecular complexity index is 1090. The van der Waals surface area contributed by atoms with Crippen molar-refractivity contribution in [1.29, 1.82) is 0 Å². The van der Waals surface area contributed by atoms with Crippen LogP contribution in [-0.2, 0) is 11.2 Å². The van der Waals surface area contributed by atoms with Gasteiger partial charge in [0.2, 0.25) is 5.91 Å². The summed E-state index contributed by atoms with van der Waals surface area (Å²) in [5.74, 6) is -0.102. The summed E-state index contributed by atoms with van der Waals surface area (Å²) in [4.78, 5) is 21.0. The highest BCUT2D eigenvalue weighted by Gasteiger charge is 2.09. The summed E-state index contributed by atoms with van der Waals surface area (Å²) in [5.41, 5.74) is 4.55. The van der Waals surface area contributed by atoms with Crippen LogP contribution in [0.1, 0.15) is 5.56 Å². The molecule has 138 valence electrons. The first kappa shape index (κ1) is 18.3. The molecule has 0 aliphatic carbocycles. The highest BCUT2D eigenvalue weighted by molar-refractivity contribution is 7.13. The fraction of sp³-hybridized carbons (Fsp3) is 0.0455. The number of thiazole rings is 1. The van der Waals surface area contributed by atoms with Gasteiger partial charge in [0.25, 0.3) is 0 Å². The lowest BCUT2D eigenvalue weighted by Gasteiger charge is -2.07. The van der Waals surface area contributed by atoms with Crippen LogP contribution < -0.4 is 5.32 Å². The van der Waals surface area contributed by atoms with Gasteiger partial charge in [-0.25, -0.2) is 4.98 Å². The van der Waals surface area contributed by atoms with E-state index in [4.69, 9.17) is 16.6 Å². The number of rotatable bonds is 5. The number of halogens is 1. The van der Waals surface area contributed by atoms with E-state index in [0.717, 1.165) is 27.4 Å². The molecule has 2 aromatic heterocycles. The van der Waals surface area contributed by atoms with Gasteiger partial charge in [0.1, 0.15) is 5.01 Å². The van der Waals surface area contributed by atoms with E-state index < -0.39 is 0 Å². The number of aromatic nitrogens is 2. The van der Waals surface area contributed by atoms with Crippen molar-refractivity contribution in [1.82, 2.24) is 9.97 Å². The third-order valence-electron chi connectivity index (χ3n) is 4.19. The predicted octanol–water partition coefficient (Wildman–Crippen LogP) is 5.71. The Kier molecular flexibility index (Phi) is 5.46. The van der Waals surface area contributed by atoms with Gasteiger partial charge in [0.15, 0.2) is 0 Å². The van der Waals surface area contributed by atoms with Gasteiger partial charge in [-0.05, 0) is 29.8 Å². The molecule has 1 amide bonds. The second kappa shape index (κ2) is 8.33. The van der Waals surface area contributed by atoms with Crippen LogP contribution in [0.4, 0.5) is 5.69 Å². The lowest BCUT2D eigenvalue weighted by Crippen LogP contribution is -2.14. The minimum Gasteiger partial charge on any atom is -0.324 e. The van der Waals surface area contributed by atoms with E-state index >= 15 is 0 Å². The third-order valence-corrected chi connectivity index (χ3v) is 5.41. The monoisotopic (exact) mass is 405 g/mol. The zero-order valence-electron chi connectivity index (χ0n) is 14.8. The van der Waals surface area contributed by atoms with Crippen molar-refractivity contribution < 1.29 is 4.79 Å². The Labute approximate surface area is 171 Å². The quantitative estimate of drug-likeness (QED) is 0.463. The van der Waals surface area contributed by atoms with Gasteiger partial charge < -0.3 is 5.32 Å². The van der Waals surface area contributed by atoms with Crippen molar-refractivity contribution in [2.45, 2.75) is 6.42 Å². The van der Waals surface area contributed by atoms with Crippen molar-refractivity contribution in [3.8, 4) is 21.8 Å². The molecule has 0 unspecified atom stereocenters. The van der Waals surface area contributed by atoms with E-state index in [1.54, 1.807) is 35.9 Å². The number of nitrogens with zero attached hydrogens (tertiary/aromatic N) is 2. The van der Waals surface area contributed by atoms with E-state index in [1.807, 2.05) is 53.9 Å². The third kappa shape index (κ3) is 4.27. The molecule has 1 N–H and O–H groups in total. The lowest BCUT2D eigenvalue weighted by atomic mass is 10.1. The summed E-state index contributed by atoms with van der Waals surface area (Å²) in [6, 6.07) is 19.0. The molecule has 4 nitrogen and oxygen atoms in total. The maximum Gasteiger partial charge on any atom is 0.228 e. The van der Waals surface area contributed by atoms with Gasteiger partial charge in [-0.3, -0.25) is 9.78 Å². The summed E-state index contributed by atoms with van der Waals surface area (Å²) in [6.45, 7) is 0. The zero-order chi connectivity index (χ0) is 19.3. The van der Waals surface area contributed by atoms with Gasteiger partial charge in [-0.1, -0.05) is 48.0 Å². The van der Waals surface area contributed by atoms with Crippen LogP contribution in [0.5, 0.6) is 0 Å². The molecule has 0 saturated heterocycles. The van der Waals surface area contributed by atoms with Gasteiger partial charge in [-0.2, -0.15) is 0 Å². The summed E-state index contributed by atoms with van der Waals surface area (Å²) in [7, 11) is 0. The van der Waals surface area contributed by atoms with Crippen molar-refractivity contribution in [3.05, 3.63) is 89.0 Å². The molecular formula is C22H16ClN3OS. The molecule has 4 aromatic rings. The van der Waals surface area contributed by atoms with Crippen LogP contribution in [0.3, 0.4) is 0 Å². The number of pyridine rings is 1. The van der Waals surface area contributed by atoms with Crippen LogP contribution in [-0.4, -0.2) is 15.9 Å². The van der Waals surface area contributed by atoms with Gasteiger partial charge in [0, 0.05) is 28.9 Å². The Hall–Kier alpha value is -3.02. The van der Waals surface area contributed by atoms with E-state index in [2.05, 4.69) is 10.3 Å². The van der Waals surface area contributed by atoms with Crippen LogP contribution in [0.25, 0.3) is 21.8 Å². The maximum absolute atomic E-state index is 12.3. The second-order valence-corrected chi connectivity index (χ2v) is 7.44. The maximum atomic E-state index is 12.3. The minimum absolute atomic E-state index is 0.102. The highest BCUT2D eigenvalue weighted by atomic mass is 35.5. The van der Waals surface area contributed by atoms with Gasteiger partial charge in [-0.15, -0.1) is 11.3 Å². The molecule has 0 radical (unpaired) electrons. The van der Waals surface area contributed by atoms with Crippen LogP contribution >= 0.6 is 22.9 Å². The number of benzene rings is 2. The van der Waals surface area contributed by atoms with E-state index in [0.29, 0.717) is 10.7 Å². The number of hydrogen-bond donors (Lipinski definition) is 1. The lowest BCUT2D eigenvalue weighted by molar-refractivity contribution is -0.115. The largest absolute Gasteiger partial charge is 0.324 e. The molecule has 2 heterocycles. The van der Waals surface area contributed by atoms with Crippen molar-refractivity contribution >= 4 is 34.5 Å². The average Bonchev–Trinajstić information content (AvgIpc) is 3.21. The van der Waals surface area contributed by atoms with Crippen LogP contribution in [0.15, 0.2) is 78.4 Å². The SMILES string of the molecule is O=C(Cc1ccc(-c2csc(-c3ccncc3)n2)cc1)Nc1ccccc1Cl.